The number of benzene rings is 1. The fourth-order valence-electron chi connectivity index (χ4n) is 3.40. The van der Waals surface area contributed by atoms with Gasteiger partial charge in [-0.25, -0.2) is 13.2 Å². The van der Waals surface area contributed by atoms with Crippen LogP contribution in [0.1, 0.15) is 40.6 Å². The number of sulfonamides is 1. The Morgan fingerprint density at radius 3 is 2.60 bits per heavy atom. The fourth-order valence-corrected chi connectivity index (χ4v) is 6.18. The molecule has 30 heavy (non-hydrogen) atoms. The smallest absolute Gasteiger partial charge is 0.341 e. The quantitative estimate of drug-likeness (QED) is 0.564. The molecule has 1 aliphatic rings. The first-order chi connectivity index (χ1) is 14.2. The first kappa shape index (κ1) is 22.8. The third kappa shape index (κ3) is 5.04. The summed E-state index contributed by atoms with van der Waals surface area (Å²) in [4.78, 5) is 26.4. The van der Waals surface area contributed by atoms with Crippen molar-refractivity contribution in [3.63, 3.8) is 0 Å². The molecule has 0 radical (unpaired) electrons. The predicted octanol–water partition coefficient (Wildman–Crippen LogP) is 3.97. The number of halogens is 1. The topological polar surface area (TPSA) is 92.8 Å². The molecule has 0 spiro atoms. The molecule has 0 saturated carbocycles. The number of hydrogen-bond acceptors (Lipinski definition) is 6. The maximum atomic E-state index is 12.8. The number of hydrogen-bond donors (Lipinski definition) is 1. The van der Waals surface area contributed by atoms with Gasteiger partial charge in [-0.05, 0) is 66.2 Å². The summed E-state index contributed by atoms with van der Waals surface area (Å²) < 4.78 is 31.5. The van der Waals surface area contributed by atoms with Crippen LogP contribution in [0.15, 0.2) is 28.7 Å². The van der Waals surface area contributed by atoms with Crippen molar-refractivity contribution in [2.24, 2.45) is 0 Å². The number of carbonyl (C=O) groups is 2. The highest BCUT2D eigenvalue weighted by Gasteiger charge is 2.29. The van der Waals surface area contributed by atoms with Gasteiger partial charge in [-0.3, -0.25) is 9.10 Å². The van der Waals surface area contributed by atoms with Crippen molar-refractivity contribution in [1.82, 2.24) is 0 Å². The molecule has 1 aromatic carbocycles. The Morgan fingerprint density at radius 1 is 1.23 bits per heavy atom. The Morgan fingerprint density at radius 2 is 1.93 bits per heavy atom. The molecule has 1 N–H and O–H groups in total. The minimum atomic E-state index is -3.71. The molecule has 1 aromatic heterocycles. The van der Waals surface area contributed by atoms with Gasteiger partial charge < -0.3 is 10.1 Å². The third-order valence-electron chi connectivity index (χ3n) is 4.71. The van der Waals surface area contributed by atoms with Crippen molar-refractivity contribution < 1.29 is 22.7 Å². The number of nitrogens with one attached hydrogen (secondary N) is 1. The Balaban J connectivity index is 1.89. The molecule has 0 aliphatic heterocycles. The zero-order chi connectivity index (χ0) is 21.9. The highest BCUT2D eigenvalue weighted by molar-refractivity contribution is 9.10. The molecule has 0 bridgehead atoms. The first-order valence-electron chi connectivity index (χ1n) is 9.56. The molecule has 1 heterocycles. The summed E-state index contributed by atoms with van der Waals surface area (Å²) in [6.07, 6.45) is 4.69. The van der Waals surface area contributed by atoms with Crippen molar-refractivity contribution in [3.05, 3.63) is 44.7 Å². The van der Waals surface area contributed by atoms with Crippen LogP contribution < -0.4 is 9.62 Å². The molecule has 0 unspecified atom stereocenters. The van der Waals surface area contributed by atoms with Crippen LogP contribution in [0.4, 0.5) is 10.7 Å². The zero-order valence-electron chi connectivity index (χ0n) is 16.7. The van der Waals surface area contributed by atoms with E-state index in [1.54, 1.807) is 31.2 Å². The monoisotopic (exact) mass is 514 g/mol. The molecule has 0 atom stereocenters. The lowest BCUT2D eigenvalue weighted by Gasteiger charge is -2.23. The Kier molecular flexibility index (Phi) is 7.20. The standard InChI is InChI=1S/C20H23BrN2O5S2/c1-3-28-20(25)18-13-8-4-7-11-16(13)29-19(18)22-17(24)12-23(30(2,26)27)15-10-6-5-9-14(15)21/h5-6,9-10H,3-4,7-8,11-12H2,1-2H3,(H,22,24). The van der Waals surface area contributed by atoms with Gasteiger partial charge in [-0.2, -0.15) is 0 Å². The SMILES string of the molecule is CCOC(=O)c1c(NC(=O)CN(c2ccccc2Br)S(C)(=O)=O)sc2c1CCCC2. The number of anilines is 2. The van der Waals surface area contributed by atoms with Gasteiger partial charge in [0.05, 0.1) is 24.1 Å². The highest BCUT2D eigenvalue weighted by atomic mass is 79.9. The van der Waals surface area contributed by atoms with Gasteiger partial charge in [-0.1, -0.05) is 12.1 Å². The lowest BCUT2D eigenvalue weighted by molar-refractivity contribution is -0.114. The molecule has 1 amide bonds. The average molecular weight is 515 g/mol. The molecule has 0 saturated heterocycles. The number of rotatable bonds is 7. The van der Waals surface area contributed by atoms with E-state index >= 15 is 0 Å². The second-order valence-electron chi connectivity index (χ2n) is 6.90. The summed E-state index contributed by atoms with van der Waals surface area (Å²) in [7, 11) is -3.71. The van der Waals surface area contributed by atoms with E-state index in [1.807, 2.05) is 0 Å². The highest BCUT2D eigenvalue weighted by Crippen LogP contribution is 2.38. The second-order valence-corrected chi connectivity index (χ2v) is 10.8. The fraction of sp³-hybridized carbons (Fsp3) is 0.400. The molecule has 3 rings (SSSR count). The minimum absolute atomic E-state index is 0.237. The number of fused-ring (bicyclic) bond motifs is 1. The number of carbonyl (C=O) groups excluding carboxylic acids is 2. The number of aryl methyl sites for hydroxylation is 1. The van der Waals surface area contributed by atoms with E-state index in [0.29, 0.717) is 20.7 Å². The van der Waals surface area contributed by atoms with E-state index in [1.165, 1.54) is 11.3 Å². The van der Waals surface area contributed by atoms with Gasteiger partial charge in [-0.15, -0.1) is 11.3 Å². The van der Waals surface area contributed by atoms with E-state index in [9.17, 15) is 18.0 Å². The zero-order valence-corrected chi connectivity index (χ0v) is 20.0. The van der Waals surface area contributed by atoms with Crippen LogP contribution >= 0.6 is 27.3 Å². The summed E-state index contributed by atoms with van der Waals surface area (Å²) in [5.74, 6) is -0.988. The van der Waals surface area contributed by atoms with Gasteiger partial charge >= 0.3 is 5.97 Å². The van der Waals surface area contributed by atoms with Gasteiger partial charge in [0.25, 0.3) is 0 Å². The van der Waals surface area contributed by atoms with Crippen LogP contribution in [0.3, 0.4) is 0 Å². The van der Waals surface area contributed by atoms with Crippen LogP contribution in [0.25, 0.3) is 0 Å². The number of amides is 1. The molecule has 1 aliphatic carbocycles. The van der Waals surface area contributed by atoms with E-state index in [4.69, 9.17) is 4.74 Å². The Bertz CT molecular complexity index is 1070. The number of para-hydroxylation sites is 1. The number of nitrogens with zero attached hydrogens (tertiary/aromatic N) is 1. The van der Waals surface area contributed by atoms with E-state index in [0.717, 1.165) is 46.7 Å². The van der Waals surface area contributed by atoms with Crippen LogP contribution in [-0.4, -0.2) is 39.7 Å². The molecule has 10 heteroatoms. The lowest BCUT2D eigenvalue weighted by Crippen LogP contribution is -2.37. The summed E-state index contributed by atoms with van der Waals surface area (Å²) in [6, 6.07) is 6.78. The maximum absolute atomic E-state index is 12.8. The van der Waals surface area contributed by atoms with Gasteiger partial charge in [0.2, 0.25) is 15.9 Å². The second kappa shape index (κ2) is 9.49. The summed E-state index contributed by atoms with van der Waals surface area (Å²) in [6.45, 7) is 1.56. The van der Waals surface area contributed by atoms with Crippen LogP contribution in [-0.2, 0) is 32.4 Å². The molecule has 0 fully saturated rings. The summed E-state index contributed by atoms with van der Waals surface area (Å²) in [5.41, 5.74) is 1.70. The minimum Gasteiger partial charge on any atom is -0.462 e. The van der Waals surface area contributed by atoms with Gasteiger partial charge in [0.15, 0.2) is 0 Å². The van der Waals surface area contributed by atoms with Crippen LogP contribution in [0, 0.1) is 0 Å². The molecule has 162 valence electrons. The Labute approximate surface area is 188 Å². The van der Waals surface area contributed by atoms with Crippen molar-refractivity contribution in [2.45, 2.75) is 32.6 Å². The molecule has 7 nitrogen and oxygen atoms in total. The number of esters is 1. The molecular weight excluding hydrogens is 492 g/mol. The number of thiophene rings is 1. The number of ether oxygens (including phenoxy) is 1. The van der Waals surface area contributed by atoms with Crippen LogP contribution in [0.5, 0.6) is 0 Å². The van der Waals surface area contributed by atoms with Crippen molar-refractivity contribution in [1.29, 1.82) is 0 Å². The molecule has 2 aromatic rings. The largest absolute Gasteiger partial charge is 0.462 e. The normalized spacial score (nSPS) is 13.4. The van der Waals surface area contributed by atoms with E-state index in [-0.39, 0.29) is 6.61 Å². The van der Waals surface area contributed by atoms with Gasteiger partial charge in [0, 0.05) is 9.35 Å². The molecular formula is C20H23BrN2O5S2. The van der Waals surface area contributed by atoms with Crippen molar-refractivity contribution in [2.75, 3.05) is 29.0 Å². The Hall–Kier alpha value is -1.91. The van der Waals surface area contributed by atoms with E-state index < -0.39 is 28.4 Å². The maximum Gasteiger partial charge on any atom is 0.341 e. The predicted molar refractivity (Wildman–Crippen MR) is 122 cm³/mol. The van der Waals surface area contributed by atoms with Crippen LogP contribution in [0.2, 0.25) is 0 Å². The summed E-state index contributed by atoms with van der Waals surface area (Å²) in [5, 5.41) is 3.18. The average Bonchev–Trinajstić information content (AvgIpc) is 3.04. The first-order valence-corrected chi connectivity index (χ1v) is 13.0. The van der Waals surface area contributed by atoms with Gasteiger partial charge in [0.1, 0.15) is 11.5 Å². The van der Waals surface area contributed by atoms with E-state index in [2.05, 4.69) is 21.2 Å². The third-order valence-corrected chi connectivity index (χ3v) is 7.72. The van der Waals surface area contributed by atoms with Crippen molar-refractivity contribution in [3.8, 4) is 0 Å². The van der Waals surface area contributed by atoms with Crippen molar-refractivity contribution >= 4 is 59.9 Å². The lowest BCUT2D eigenvalue weighted by atomic mass is 9.95. The summed E-state index contributed by atoms with van der Waals surface area (Å²) >= 11 is 4.70.